The SMILES string of the molecule is Cc1cccc(C(=O)NCC2CCCC(Cl)C2)c1I. The van der Waals surface area contributed by atoms with E-state index >= 15 is 0 Å². The summed E-state index contributed by atoms with van der Waals surface area (Å²) in [6.07, 6.45) is 4.49. The molecule has 1 aliphatic carbocycles. The summed E-state index contributed by atoms with van der Waals surface area (Å²) in [6.45, 7) is 2.77. The number of halogens is 2. The Morgan fingerprint density at radius 3 is 3.00 bits per heavy atom. The Morgan fingerprint density at radius 1 is 1.47 bits per heavy atom. The van der Waals surface area contributed by atoms with Crippen molar-refractivity contribution in [3.05, 3.63) is 32.9 Å². The Morgan fingerprint density at radius 2 is 2.26 bits per heavy atom. The van der Waals surface area contributed by atoms with E-state index in [-0.39, 0.29) is 11.3 Å². The van der Waals surface area contributed by atoms with Gasteiger partial charge in [0, 0.05) is 15.5 Å². The molecule has 19 heavy (non-hydrogen) atoms. The van der Waals surface area contributed by atoms with Crippen molar-refractivity contribution < 1.29 is 4.79 Å². The highest BCUT2D eigenvalue weighted by atomic mass is 127. The molecule has 1 fully saturated rings. The van der Waals surface area contributed by atoms with Crippen LogP contribution in [0.3, 0.4) is 0 Å². The van der Waals surface area contributed by atoms with Gasteiger partial charge in [0.25, 0.3) is 5.91 Å². The van der Waals surface area contributed by atoms with Crippen molar-refractivity contribution in [2.45, 2.75) is 38.0 Å². The van der Waals surface area contributed by atoms with E-state index in [2.05, 4.69) is 27.9 Å². The first-order chi connectivity index (χ1) is 9.08. The molecule has 104 valence electrons. The van der Waals surface area contributed by atoms with Crippen LogP contribution in [0.15, 0.2) is 18.2 Å². The summed E-state index contributed by atoms with van der Waals surface area (Å²) in [7, 11) is 0. The van der Waals surface area contributed by atoms with Gasteiger partial charge >= 0.3 is 0 Å². The zero-order valence-electron chi connectivity index (χ0n) is 11.1. The Balaban J connectivity index is 1.92. The second-order valence-corrected chi connectivity index (χ2v) is 6.97. The van der Waals surface area contributed by atoms with E-state index in [9.17, 15) is 4.79 Å². The standard InChI is InChI=1S/C15H19ClINO/c1-10-4-2-7-13(14(10)17)15(19)18-9-11-5-3-6-12(16)8-11/h2,4,7,11-12H,3,5-6,8-9H2,1H3,(H,18,19). The van der Waals surface area contributed by atoms with Crippen molar-refractivity contribution in [1.82, 2.24) is 5.32 Å². The second kappa shape index (κ2) is 6.93. The quantitative estimate of drug-likeness (QED) is 0.609. The highest BCUT2D eigenvalue weighted by molar-refractivity contribution is 14.1. The van der Waals surface area contributed by atoms with Crippen LogP contribution >= 0.6 is 34.2 Å². The zero-order chi connectivity index (χ0) is 13.8. The molecule has 1 aliphatic rings. The largest absolute Gasteiger partial charge is 0.352 e. The first kappa shape index (κ1) is 15.1. The third-order valence-corrected chi connectivity index (χ3v) is 5.53. The number of carbonyl (C=O) groups excluding carboxylic acids is 1. The summed E-state index contributed by atoms with van der Waals surface area (Å²) in [5, 5.41) is 3.34. The fourth-order valence-electron chi connectivity index (χ4n) is 2.57. The first-order valence-electron chi connectivity index (χ1n) is 6.75. The van der Waals surface area contributed by atoms with E-state index in [1.165, 1.54) is 12.8 Å². The fraction of sp³-hybridized carbons (Fsp3) is 0.533. The number of rotatable bonds is 3. The molecule has 1 N–H and O–H groups in total. The molecule has 1 saturated carbocycles. The molecule has 0 aliphatic heterocycles. The summed E-state index contributed by atoms with van der Waals surface area (Å²) in [6, 6.07) is 5.84. The summed E-state index contributed by atoms with van der Waals surface area (Å²) in [4.78, 5) is 12.2. The van der Waals surface area contributed by atoms with Crippen LogP contribution in [0.4, 0.5) is 0 Å². The zero-order valence-corrected chi connectivity index (χ0v) is 14.0. The number of carbonyl (C=O) groups is 1. The lowest BCUT2D eigenvalue weighted by Crippen LogP contribution is -2.32. The predicted molar refractivity (Wildman–Crippen MR) is 87.8 cm³/mol. The number of alkyl halides is 1. The van der Waals surface area contributed by atoms with Gasteiger partial charge in [0.1, 0.15) is 0 Å². The summed E-state index contributed by atoms with van der Waals surface area (Å²) < 4.78 is 1.04. The molecule has 2 unspecified atom stereocenters. The Labute approximate surface area is 133 Å². The minimum absolute atomic E-state index is 0.0322. The van der Waals surface area contributed by atoms with E-state index in [0.29, 0.717) is 5.92 Å². The van der Waals surface area contributed by atoms with Crippen molar-refractivity contribution in [3.8, 4) is 0 Å². The summed E-state index contributed by atoms with van der Waals surface area (Å²) in [5.41, 5.74) is 1.92. The number of nitrogens with one attached hydrogen (secondary N) is 1. The van der Waals surface area contributed by atoms with Crippen LogP contribution in [-0.4, -0.2) is 17.8 Å². The number of hydrogen-bond donors (Lipinski definition) is 1. The lowest BCUT2D eigenvalue weighted by Gasteiger charge is -2.25. The Kier molecular flexibility index (Phi) is 5.51. The molecule has 2 atom stereocenters. The fourth-order valence-corrected chi connectivity index (χ4v) is 3.58. The van der Waals surface area contributed by atoms with Crippen LogP contribution in [0.25, 0.3) is 0 Å². The lowest BCUT2D eigenvalue weighted by atomic mass is 9.89. The van der Waals surface area contributed by atoms with Gasteiger partial charge in [-0.15, -0.1) is 11.6 Å². The van der Waals surface area contributed by atoms with E-state index in [1.807, 2.05) is 25.1 Å². The smallest absolute Gasteiger partial charge is 0.252 e. The molecule has 0 spiro atoms. The molecule has 0 radical (unpaired) electrons. The molecule has 1 amide bonds. The van der Waals surface area contributed by atoms with Gasteiger partial charge in [-0.25, -0.2) is 0 Å². The van der Waals surface area contributed by atoms with Gasteiger partial charge in [0.05, 0.1) is 5.56 Å². The highest BCUT2D eigenvalue weighted by Gasteiger charge is 2.21. The molecule has 2 nitrogen and oxygen atoms in total. The third-order valence-electron chi connectivity index (χ3n) is 3.71. The molecule has 0 aromatic heterocycles. The average molecular weight is 392 g/mol. The maximum atomic E-state index is 12.2. The van der Waals surface area contributed by atoms with E-state index in [1.54, 1.807) is 0 Å². The number of benzene rings is 1. The van der Waals surface area contributed by atoms with Gasteiger partial charge in [-0.2, -0.15) is 0 Å². The first-order valence-corrected chi connectivity index (χ1v) is 8.27. The normalized spacial score (nSPS) is 23.1. The van der Waals surface area contributed by atoms with Crippen molar-refractivity contribution in [3.63, 3.8) is 0 Å². The molecule has 0 saturated heterocycles. The third kappa shape index (κ3) is 4.09. The van der Waals surface area contributed by atoms with Crippen molar-refractivity contribution in [2.75, 3.05) is 6.54 Å². The molecular formula is C15H19ClINO. The van der Waals surface area contributed by atoms with Crippen LogP contribution in [0.1, 0.15) is 41.6 Å². The minimum atomic E-state index is 0.0322. The van der Waals surface area contributed by atoms with Crippen molar-refractivity contribution in [2.24, 2.45) is 5.92 Å². The highest BCUT2D eigenvalue weighted by Crippen LogP contribution is 2.27. The van der Waals surface area contributed by atoms with Gasteiger partial charge in [0.2, 0.25) is 0 Å². The van der Waals surface area contributed by atoms with Gasteiger partial charge in [0.15, 0.2) is 0 Å². The topological polar surface area (TPSA) is 29.1 Å². The Bertz CT molecular complexity index is 463. The van der Waals surface area contributed by atoms with Gasteiger partial charge in [-0.1, -0.05) is 18.6 Å². The lowest BCUT2D eigenvalue weighted by molar-refractivity contribution is 0.0942. The molecule has 1 aromatic rings. The maximum absolute atomic E-state index is 12.2. The van der Waals surface area contributed by atoms with Crippen LogP contribution in [0.2, 0.25) is 0 Å². The van der Waals surface area contributed by atoms with Crippen LogP contribution in [-0.2, 0) is 0 Å². The molecule has 1 aromatic carbocycles. The molecule has 4 heteroatoms. The maximum Gasteiger partial charge on any atom is 0.252 e. The summed E-state index contributed by atoms with van der Waals surface area (Å²) >= 11 is 8.41. The number of hydrogen-bond acceptors (Lipinski definition) is 1. The van der Waals surface area contributed by atoms with E-state index < -0.39 is 0 Å². The molecule has 0 bridgehead atoms. The summed E-state index contributed by atoms with van der Waals surface area (Å²) in [5.74, 6) is 0.562. The number of aryl methyl sites for hydroxylation is 1. The van der Waals surface area contributed by atoms with Crippen molar-refractivity contribution >= 4 is 40.1 Å². The van der Waals surface area contributed by atoms with Gasteiger partial charge < -0.3 is 5.32 Å². The molecular weight excluding hydrogens is 373 g/mol. The second-order valence-electron chi connectivity index (χ2n) is 5.28. The predicted octanol–water partition coefficient (Wildman–Crippen LogP) is 4.13. The number of amides is 1. The molecule has 0 heterocycles. The van der Waals surface area contributed by atoms with Crippen molar-refractivity contribution in [1.29, 1.82) is 0 Å². The van der Waals surface area contributed by atoms with Crippen LogP contribution in [0.5, 0.6) is 0 Å². The van der Waals surface area contributed by atoms with Gasteiger partial charge in [-0.05, 0) is 66.3 Å². The molecule has 2 rings (SSSR count). The van der Waals surface area contributed by atoms with Gasteiger partial charge in [-0.3, -0.25) is 4.79 Å². The van der Waals surface area contributed by atoms with Crippen LogP contribution < -0.4 is 5.32 Å². The van der Waals surface area contributed by atoms with E-state index in [4.69, 9.17) is 11.6 Å². The average Bonchev–Trinajstić information content (AvgIpc) is 2.39. The minimum Gasteiger partial charge on any atom is -0.352 e. The van der Waals surface area contributed by atoms with E-state index in [0.717, 1.165) is 34.1 Å². The Hall–Kier alpha value is -0.290. The monoisotopic (exact) mass is 391 g/mol. The van der Waals surface area contributed by atoms with Crippen LogP contribution in [0, 0.1) is 16.4 Å².